The molecule has 0 bridgehead atoms. The van der Waals surface area contributed by atoms with E-state index in [2.05, 4.69) is 34.7 Å². The molecule has 1 aromatic rings. The van der Waals surface area contributed by atoms with Crippen molar-refractivity contribution in [2.24, 2.45) is 5.92 Å². The molecule has 1 amide bonds. The molecule has 2 rings (SSSR count). The van der Waals surface area contributed by atoms with Crippen molar-refractivity contribution >= 4 is 21.8 Å². The number of halogens is 1. The lowest BCUT2D eigenvalue weighted by atomic mass is 10.1. The summed E-state index contributed by atoms with van der Waals surface area (Å²) in [7, 11) is 0. The Kier molecular flexibility index (Phi) is 5.86. The molecule has 3 heteroatoms. The van der Waals surface area contributed by atoms with Crippen molar-refractivity contribution in [1.82, 2.24) is 4.90 Å². The molecule has 116 valence electrons. The summed E-state index contributed by atoms with van der Waals surface area (Å²) in [5, 5.41) is 0. The predicted molar refractivity (Wildman–Crippen MR) is 91.6 cm³/mol. The van der Waals surface area contributed by atoms with Gasteiger partial charge in [-0.15, -0.1) is 0 Å². The van der Waals surface area contributed by atoms with Crippen LogP contribution in [-0.2, 0) is 0 Å². The van der Waals surface area contributed by atoms with E-state index in [1.165, 1.54) is 12.8 Å². The Labute approximate surface area is 137 Å². The molecular weight excluding hydrogens is 326 g/mol. The van der Waals surface area contributed by atoms with Gasteiger partial charge < -0.3 is 4.90 Å². The summed E-state index contributed by atoms with van der Waals surface area (Å²) in [5.74, 6) is 0.820. The molecule has 0 atom stereocenters. The van der Waals surface area contributed by atoms with Gasteiger partial charge >= 0.3 is 0 Å². The molecule has 0 saturated heterocycles. The van der Waals surface area contributed by atoms with Gasteiger partial charge in [-0.2, -0.15) is 0 Å². The molecule has 1 aliphatic carbocycles. The van der Waals surface area contributed by atoms with E-state index in [0.29, 0.717) is 12.0 Å². The number of nitrogens with zero attached hydrogens (tertiary/aromatic N) is 1. The normalized spacial score (nSPS) is 15.7. The highest BCUT2D eigenvalue weighted by atomic mass is 79.9. The maximum Gasteiger partial charge on any atom is 0.255 e. The smallest absolute Gasteiger partial charge is 0.255 e. The molecule has 1 aromatic carbocycles. The van der Waals surface area contributed by atoms with Crippen molar-refractivity contribution in [3.8, 4) is 0 Å². The van der Waals surface area contributed by atoms with Gasteiger partial charge in [-0.3, -0.25) is 4.79 Å². The van der Waals surface area contributed by atoms with E-state index >= 15 is 0 Å². The van der Waals surface area contributed by atoms with Crippen molar-refractivity contribution in [2.75, 3.05) is 6.54 Å². The molecule has 0 aliphatic heterocycles. The van der Waals surface area contributed by atoms with Crippen LogP contribution in [0.5, 0.6) is 0 Å². The van der Waals surface area contributed by atoms with Crippen LogP contribution in [0.1, 0.15) is 61.9 Å². The molecule has 0 radical (unpaired) electrons. The molecular formula is C18H26BrNO. The molecule has 21 heavy (non-hydrogen) atoms. The highest BCUT2D eigenvalue weighted by molar-refractivity contribution is 9.10. The van der Waals surface area contributed by atoms with E-state index in [1.54, 1.807) is 0 Å². The Morgan fingerprint density at radius 2 is 2.00 bits per heavy atom. The van der Waals surface area contributed by atoms with Crippen molar-refractivity contribution < 1.29 is 4.79 Å². The quantitative estimate of drug-likeness (QED) is 0.714. The number of rotatable bonds is 5. The minimum Gasteiger partial charge on any atom is -0.336 e. The summed E-state index contributed by atoms with van der Waals surface area (Å²) < 4.78 is 0.947. The second kappa shape index (κ2) is 7.44. The van der Waals surface area contributed by atoms with E-state index in [9.17, 15) is 4.79 Å². The standard InChI is InChI=1S/C18H26BrNO/c1-13(2)11-12-20(15-8-4-5-9-15)18(21)16-10-6-7-14(3)17(16)19/h6-7,10,13,15H,4-5,8-9,11-12H2,1-3H3. The second-order valence-corrected chi connectivity index (χ2v) is 7.35. The minimum absolute atomic E-state index is 0.193. The Hall–Kier alpha value is -0.830. The van der Waals surface area contributed by atoms with Gasteiger partial charge in [0.1, 0.15) is 0 Å². The molecule has 1 saturated carbocycles. The molecule has 1 aliphatic rings. The number of hydrogen-bond donors (Lipinski definition) is 0. The molecule has 0 aromatic heterocycles. The number of amides is 1. The van der Waals surface area contributed by atoms with Crippen LogP contribution in [-0.4, -0.2) is 23.4 Å². The van der Waals surface area contributed by atoms with Crippen molar-refractivity contribution in [2.45, 2.75) is 58.9 Å². The van der Waals surface area contributed by atoms with Gasteiger partial charge in [0.25, 0.3) is 5.91 Å². The first-order chi connectivity index (χ1) is 10.0. The maximum absolute atomic E-state index is 13.0. The SMILES string of the molecule is Cc1cccc(C(=O)N(CCC(C)C)C2CCCC2)c1Br. The van der Waals surface area contributed by atoms with E-state index in [-0.39, 0.29) is 5.91 Å². The molecule has 0 spiro atoms. The minimum atomic E-state index is 0.193. The van der Waals surface area contributed by atoms with Crippen LogP contribution in [0.25, 0.3) is 0 Å². The third kappa shape index (κ3) is 4.09. The summed E-state index contributed by atoms with van der Waals surface area (Å²) in [6, 6.07) is 6.39. The van der Waals surface area contributed by atoms with Crippen LogP contribution < -0.4 is 0 Å². The van der Waals surface area contributed by atoms with Gasteiger partial charge in [0, 0.05) is 17.1 Å². The second-order valence-electron chi connectivity index (χ2n) is 6.56. The first-order valence-corrected chi connectivity index (χ1v) is 8.86. The highest BCUT2D eigenvalue weighted by Gasteiger charge is 2.28. The Bertz CT molecular complexity index is 492. The monoisotopic (exact) mass is 351 g/mol. The lowest BCUT2D eigenvalue weighted by Gasteiger charge is -2.30. The van der Waals surface area contributed by atoms with Gasteiger partial charge in [-0.25, -0.2) is 0 Å². The molecule has 1 fully saturated rings. The summed E-state index contributed by atoms with van der Waals surface area (Å²) in [6.07, 6.45) is 5.91. The molecule has 0 N–H and O–H groups in total. The van der Waals surface area contributed by atoms with E-state index < -0.39 is 0 Å². The first-order valence-electron chi connectivity index (χ1n) is 8.06. The van der Waals surface area contributed by atoms with Crippen LogP contribution >= 0.6 is 15.9 Å². The van der Waals surface area contributed by atoms with Crippen LogP contribution in [0, 0.1) is 12.8 Å². The third-order valence-corrected chi connectivity index (χ3v) is 5.45. The largest absolute Gasteiger partial charge is 0.336 e. The van der Waals surface area contributed by atoms with Crippen molar-refractivity contribution in [1.29, 1.82) is 0 Å². The summed E-state index contributed by atoms with van der Waals surface area (Å²) in [4.78, 5) is 15.1. The molecule has 0 heterocycles. The van der Waals surface area contributed by atoms with E-state index in [4.69, 9.17) is 0 Å². The van der Waals surface area contributed by atoms with Crippen LogP contribution in [0.3, 0.4) is 0 Å². The summed E-state index contributed by atoms with van der Waals surface area (Å²) >= 11 is 3.59. The van der Waals surface area contributed by atoms with Crippen LogP contribution in [0.2, 0.25) is 0 Å². The van der Waals surface area contributed by atoms with Crippen molar-refractivity contribution in [3.63, 3.8) is 0 Å². The topological polar surface area (TPSA) is 20.3 Å². The van der Waals surface area contributed by atoms with E-state index in [0.717, 1.165) is 41.4 Å². The number of carbonyl (C=O) groups is 1. The highest BCUT2D eigenvalue weighted by Crippen LogP contribution is 2.28. The van der Waals surface area contributed by atoms with Crippen LogP contribution in [0.4, 0.5) is 0 Å². The predicted octanol–water partition coefficient (Wildman–Crippen LogP) is 5.19. The lowest BCUT2D eigenvalue weighted by Crippen LogP contribution is -2.40. The fraction of sp³-hybridized carbons (Fsp3) is 0.611. The van der Waals surface area contributed by atoms with Gasteiger partial charge in [-0.05, 0) is 59.7 Å². The van der Waals surface area contributed by atoms with Gasteiger partial charge in [0.2, 0.25) is 0 Å². The maximum atomic E-state index is 13.0. The third-order valence-electron chi connectivity index (χ3n) is 4.40. The fourth-order valence-electron chi connectivity index (χ4n) is 3.03. The van der Waals surface area contributed by atoms with Gasteiger partial charge in [0.05, 0.1) is 5.56 Å². The molecule has 0 unspecified atom stereocenters. The average Bonchev–Trinajstić information content (AvgIpc) is 2.95. The first kappa shape index (κ1) is 16.5. The summed E-state index contributed by atoms with van der Waals surface area (Å²) in [6.45, 7) is 7.36. The zero-order chi connectivity index (χ0) is 15.4. The van der Waals surface area contributed by atoms with Crippen molar-refractivity contribution in [3.05, 3.63) is 33.8 Å². The zero-order valence-electron chi connectivity index (χ0n) is 13.4. The number of hydrogen-bond acceptors (Lipinski definition) is 1. The van der Waals surface area contributed by atoms with E-state index in [1.807, 2.05) is 25.1 Å². The Morgan fingerprint density at radius 3 is 2.62 bits per heavy atom. The van der Waals surface area contributed by atoms with Gasteiger partial charge in [-0.1, -0.05) is 38.8 Å². The zero-order valence-corrected chi connectivity index (χ0v) is 14.9. The summed E-state index contributed by atoms with van der Waals surface area (Å²) in [5.41, 5.74) is 1.93. The number of aryl methyl sites for hydroxylation is 1. The number of carbonyl (C=O) groups excluding carboxylic acids is 1. The van der Waals surface area contributed by atoms with Gasteiger partial charge in [0.15, 0.2) is 0 Å². The Balaban J connectivity index is 2.22. The lowest BCUT2D eigenvalue weighted by molar-refractivity contribution is 0.0671. The fourth-order valence-corrected chi connectivity index (χ4v) is 3.46. The van der Waals surface area contributed by atoms with Crippen LogP contribution in [0.15, 0.2) is 22.7 Å². The molecule has 2 nitrogen and oxygen atoms in total. The Morgan fingerprint density at radius 1 is 1.33 bits per heavy atom. The number of benzene rings is 1. The average molecular weight is 352 g/mol.